The van der Waals surface area contributed by atoms with Crippen LogP contribution in [0, 0.1) is 12.8 Å². The average molecular weight is 259 g/mol. The predicted molar refractivity (Wildman–Crippen MR) is 71.1 cm³/mol. The van der Waals surface area contributed by atoms with Gasteiger partial charge in [0.25, 0.3) is 5.71 Å². The van der Waals surface area contributed by atoms with Crippen molar-refractivity contribution in [2.75, 3.05) is 24.5 Å². The lowest BCUT2D eigenvalue weighted by molar-refractivity contribution is 0.340. The first-order valence-electron chi connectivity index (χ1n) is 6.88. The van der Waals surface area contributed by atoms with Crippen molar-refractivity contribution >= 4 is 16.9 Å². The van der Waals surface area contributed by atoms with Crippen molar-refractivity contribution in [3.63, 3.8) is 0 Å². The van der Waals surface area contributed by atoms with Gasteiger partial charge >= 0.3 is 0 Å². The Hall–Kier alpha value is -1.69. The van der Waals surface area contributed by atoms with Gasteiger partial charge in [0.2, 0.25) is 0 Å². The molecule has 1 N–H and O–H groups in total. The van der Waals surface area contributed by atoms with Crippen molar-refractivity contribution in [3.05, 3.63) is 12.0 Å². The first kappa shape index (κ1) is 11.2. The molecule has 19 heavy (non-hydrogen) atoms. The van der Waals surface area contributed by atoms with Crippen molar-refractivity contribution < 1.29 is 4.52 Å². The van der Waals surface area contributed by atoms with Crippen LogP contribution in [0.3, 0.4) is 0 Å². The van der Waals surface area contributed by atoms with Crippen LogP contribution in [-0.4, -0.2) is 40.8 Å². The molecular weight excluding hydrogens is 242 g/mol. The highest BCUT2D eigenvalue weighted by molar-refractivity contribution is 5.88. The van der Waals surface area contributed by atoms with Crippen molar-refractivity contribution in [2.45, 2.75) is 25.8 Å². The van der Waals surface area contributed by atoms with E-state index in [-0.39, 0.29) is 0 Å². The minimum atomic E-state index is 0.588. The largest absolute Gasteiger partial charge is 0.354 e. The van der Waals surface area contributed by atoms with Crippen molar-refractivity contribution in [3.8, 4) is 0 Å². The summed E-state index contributed by atoms with van der Waals surface area (Å²) in [6.07, 6.45) is 4.16. The summed E-state index contributed by atoms with van der Waals surface area (Å²) < 4.78 is 5.22. The van der Waals surface area contributed by atoms with Gasteiger partial charge in [-0.2, -0.15) is 4.98 Å². The van der Waals surface area contributed by atoms with E-state index in [0.29, 0.717) is 11.8 Å². The van der Waals surface area contributed by atoms with E-state index in [2.05, 4.69) is 25.3 Å². The van der Waals surface area contributed by atoms with Crippen LogP contribution in [0.4, 0.5) is 5.82 Å². The summed E-state index contributed by atoms with van der Waals surface area (Å²) in [6, 6.07) is 0.596. The lowest BCUT2D eigenvalue weighted by Gasteiger charge is -2.24. The van der Waals surface area contributed by atoms with Gasteiger partial charge in [0.1, 0.15) is 17.5 Å². The van der Waals surface area contributed by atoms with Crippen molar-refractivity contribution in [2.24, 2.45) is 5.92 Å². The van der Waals surface area contributed by atoms with Gasteiger partial charge in [-0.1, -0.05) is 5.16 Å². The van der Waals surface area contributed by atoms with E-state index in [0.717, 1.165) is 42.5 Å². The molecule has 0 unspecified atom stereocenters. The number of rotatable bonds is 1. The van der Waals surface area contributed by atoms with Gasteiger partial charge in [0, 0.05) is 19.1 Å². The molecule has 6 heteroatoms. The van der Waals surface area contributed by atoms with Crippen LogP contribution in [0.15, 0.2) is 10.9 Å². The zero-order valence-corrected chi connectivity index (χ0v) is 11.0. The van der Waals surface area contributed by atoms with Gasteiger partial charge in [-0.25, -0.2) is 4.98 Å². The molecule has 2 saturated heterocycles. The third-order valence-corrected chi connectivity index (χ3v) is 4.32. The molecule has 0 saturated carbocycles. The van der Waals surface area contributed by atoms with Gasteiger partial charge in [0.15, 0.2) is 0 Å². The highest BCUT2D eigenvalue weighted by Crippen LogP contribution is 2.32. The smallest absolute Gasteiger partial charge is 0.263 e. The number of hydrogen-bond donors (Lipinski definition) is 1. The first-order valence-corrected chi connectivity index (χ1v) is 6.88. The summed E-state index contributed by atoms with van der Waals surface area (Å²) in [5, 5.41) is 8.57. The summed E-state index contributed by atoms with van der Waals surface area (Å²) in [5.74, 6) is 1.71. The van der Waals surface area contributed by atoms with Crippen LogP contribution in [0.5, 0.6) is 0 Å². The van der Waals surface area contributed by atoms with E-state index in [1.807, 2.05) is 6.92 Å². The van der Waals surface area contributed by atoms with Crippen LogP contribution in [-0.2, 0) is 0 Å². The van der Waals surface area contributed by atoms with Gasteiger partial charge in [0.05, 0.1) is 5.69 Å². The lowest BCUT2D eigenvalue weighted by atomic mass is 9.94. The second-order valence-electron chi connectivity index (χ2n) is 5.51. The Bertz CT molecular complexity index is 596. The van der Waals surface area contributed by atoms with E-state index in [1.165, 1.54) is 12.8 Å². The Kier molecular flexibility index (Phi) is 2.44. The van der Waals surface area contributed by atoms with Crippen molar-refractivity contribution in [1.29, 1.82) is 0 Å². The Morgan fingerprint density at radius 3 is 3.21 bits per heavy atom. The SMILES string of the molecule is Cc1noc2ncnc(N3C[C@@H]4CCCN[C@@H]4C3)c12. The summed E-state index contributed by atoms with van der Waals surface area (Å²) in [5.41, 5.74) is 1.46. The number of anilines is 1. The highest BCUT2D eigenvalue weighted by atomic mass is 16.5. The molecule has 2 aromatic rings. The fourth-order valence-electron chi connectivity index (χ4n) is 3.36. The second-order valence-corrected chi connectivity index (χ2v) is 5.51. The van der Waals surface area contributed by atoms with Crippen LogP contribution < -0.4 is 10.2 Å². The number of hydrogen-bond acceptors (Lipinski definition) is 6. The molecule has 100 valence electrons. The Labute approximate surface area is 111 Å². The standard InChI is InChI=1S/C13H17N5O/c1-8-11-12(15-7-16-13(11)19-17-8)18-5-9-3-2-4-14-10(9)6-18/h7,9-10,14H,2-6H2,1H3/t9-,10+/m0/s1. The fraction of sp³-hybridized carbons (Fsp3) is 0.615. The van der Waals surface area contributed by atoms with Gasteiger partial charge in [-0.3, -0.25) is 0 Å². The fourth-order valence-corrected chi connectivity index (χ4v) is 3.36. The molecule has 2 aromatic heterocycles. The zero-order chi connectivity index (χ0) is 12.8. The maximum atomic E-state index is 5.22. The Balaban J connectivity index is 1.73. The number of nitrogens with one attached hydrogen (secondary N) is 1. The number of nitrogens with zero attached hydrogens (tertiary/aromatic N) is 4. The third kappa shape index (κ3) is 1.70. The second kappa shape index (κ2) is 4.16. The predicted octanol–water partition coefficient (Wildman–Crippen LogP) is 1.11. The van der Waals surface area contributed by atoms with Gasteiger partial charge < -0.3 is 14.7 Å². The molecule has 4 heterocycles. The minimum absolute atomic E-state index is 0.588. The first-order chi connectivity index (χ1) is 9.33. The maximum absolute atomic E-state index is 5.22. The molecule has 0 spiro atoms. The summed E-state index contributed by atoms with van der Waals surface area (Å²) >= 11 is 0. The van der Waals surface area contributed by atoms with E-state index >= 15 is 0 Å². The molecule has 2 aliphatic heterocycles. The normalized spacial score (nSPS) is 26.9. The van der Waals surface area contributed by atoms with Gasteiger partial charge in [-0.15, -0.1) is 0 Å². The molecule has 0 aliphatic carbocycles. The molecule has 6 nitrogen and oxygen atoms in total. The van der Waals surface area contributed by atoms with Crippen LogP contribution in [0.1, 0.15) is 18.5 Å². The maximum Gasteiger partial charge on any atom is 0.263 e. The quantitative estimate of drug-likeness (QED) is 0.827. The van der Waals surface area contributed by atoms with Crippen molar-refractivity contribution in [1.82, 2.24) is 20.4 Å². The third-order valence-electron chi connectivity index (χ3n) is 4.32. The van der Waals surface area contributed by atoms with Crippen LogP contribution in [0.2, 0.25) is 0 Å². The van der Waals surface area contributed by atoms with E-state index in [9.17, 15) is 0 Å². The minimum Gasteiger partial charge on any atom is -0.354 e. The summed E-state index contributed by atoms with van der Waals surface area (Å²) in [7, 11) is 0. The number of aromatic nitrogens is 3. The number of fused-ring (bicyclic) bond motifs is 2. The van der Waals surface area contributed by atoms with E-state index in [1.54, 1.807) is 6.33 Å². The molecule has 2 aliphatic rings. The number of piperidine rings is 1. The number of aryl methyl sites for hydroxylation is 1. The average Bonchev–Trinajstić information content (AvgIpc) is 3.03. The van der Waals surface area contributed by atoms with Crippen LogP contribution in [0.25, 0.3) is 11.1 Å². The molecular formula is C13H17N5O. The Morgan fingerprint density at radius 2 is 2.32 bits per heavy atom. The monoisotopic (exact) mass is 259 g/mol. The topological polar surface area (TPSA) is 67.1 Å². The molecule has 4 rings (SSSR count). The molecule has 0 amide bonds. The van der Waals surface area contributed by atoms with Crippen LogP contribution >= 0.6 is 0 Å². The molecule has 0 radical (unpaired) electrons. The summed E-state index contributed by atoms with van der Waals surface area (Å²) in [6.45, 7) is 5.16. The van der Waals surface area contributed by atoms with Gasteiger partial charge in [-0.05, 0) is 32.2 Å². The molecule has 2 atom stereocenters. The van der Waals surface area contributed by atoms with E-state index in [4.69, 9.17) is 4.52 Å². The molecule has 0 aromatic carbocycles. The Morgan fingerprint density at radius 1 is 1.37 bits per heavy atom. The highest BCUT2D eigenvalue weighted by Gasteiger charge is 2.35. The summed E-state index contributed by atoms with van der Waals surface area (Å²) in [4.78, 5) is 11.0. The zero-order valence-electron chi connectivity index (χ0n) is 11.0. The van der Waals surface area contributed by atoms with E-state index < -0.39 is 0 Å². The lowest BCUT2D eigenvalue weighted by Crippen LogP contribution is -2.40. The molecule has 0 bridgehead atoms. The molecule has 2 fully saturated rings.